The molecule has 112 valence electrons. The number of carbonyl (C=O) groups excluding carboxylic acids is 1. The van der Waals surface area contributed by atoms with Crippen LogP contribution in [-0.2, 0) is 17.1 Å². The van der Waals surface area contributed by atoms with Gasteiger partial charge in [-0.1, -0.05) is 0 Å². The summed E-state index contributed by atoms with van der Waals surface area (Å²) in [6.45, 7) is 1.64. The Bertz CT molecular complexity index is 794. The molecule has 9 heteroatoms. The van der Waals surface area contributed by atoms with Gasteiger partial charge in [0.1, 0.15) is 10.7 Å². The number of primary sulfonamides is 1. The van der Waals surface area contributed by atoms with Gasteiger partial charge in [-0.2, -0.15) is 5.10 Å². The second-order valence-electron chi connectivity index (χ2n) is 4.53. The van der Waals surface area contributed by atoms with Crippen LogP contribution in [0.25, 0.3) is 0 Å². The van der Waals surface area contributed by atoms with Gasteiger partial charge in [-0.3, -0.25) is 9.48 Å². The number of nitrogens with zero attached hydrogens (tertiary/aromatic N) is 2. The van der Waals surface area contributed by atoms with Crippen LogP contribution in [0.1, 0.15) is 15.9 Å². The standard InChI is InChI=1S/C12H13FN4O3S/c1-7-3-8(5-9(13)4-7)12(18)15-11-10(21(14,19)20)6-17(2)16-11/h3-6H,1-2H3,(H2,14,19,20)(H,15,16,18). The zero-order valence-corrected chi connectivity index (χ0v) is 12.1. The second kappa shape index (κ2) is 5.26. The van der Waals surface area contributed by atoms with Crippen molar-refractivity contribution in [1.29, 1.82) is 0 Å². The van der Waals surface area contributed by atoms with E-state index in [-0.39, 0.29) is 16.3 Å². The Morgan fingerprint density at radius 2 is 2.05 bits per heavy atom. The van der Waals surface area contributed by atoms with Gasteiger partial charge in [-0.15, -0.1) is 0 Å². The highest BCUT2D eigenvalue weighted by Gasteiger charge is 2.20. The topological polar surface area (TPSA) is 107 Å². The van der Waals surface area contributed by atoms with E-state index in [4.69, 9.17) is 5.14 Å². The van der Waals surface area contributed by atoms with Crippen LogP contribution in [0.2, 0.25) is 0 Å². The number of aromatic nitrogens is 2. The molecule has 21 heavy (non-hydrogen) atoms. The Balaban J connectivity index is 2.36. The van der Waals surface area contributed by atoms with Crippen molar-refractivity contribution >= 4 is 21.7 Å². The fourth-order valence-corrected chi connectivity index (χ4v) is 2.47. The fourth-order valence-electron chi connectivity index (χ4n) is 1.81. The molecular weight excluding hydrogens is 299 g/mol. The first-order valence-electron chi connectivity index (χ1n) is 5.82. The van der Waals surface area contributed by atoms with Gasteiger partial charge in [0.2, 0.25) is 10.0 Å². The lowest BCUT2D eigenvalue weighted by atomic mass is 10.1. The molecule has 2 aromatic rings. The van der Waals surface area contributed by atoms with E-state index >= 15 is 0 Å². The summed E-state index contributed by atoms with van der Waals surface area (Å²) in [5.41, 5.74) is 0.617. The predicted molar refractivity (Wildman–Crippen MR) is 73.7 cm³/mol. The van der Waals surface area contributed by atoms with Crippen LogP contribution < -0.4 is 10.5 Å². The Hall–Kier alpha value is -2.26. The lowest BCUT2D eigenvalue weighted by Gasteiger charge is -2.05. The molecule has 0 aliphatic heterocycles. The average Bonchev–Trinajstić information content (AvgIpc) is 2.68. The fraction of sp³-hybridized carbons (Fsp3) is 0.167. The van der Waals surface area contributed by atoms with E-state index in [1.807, 2.05) is 0 Å². The van der Waals surface area contributed by atoms with E-state index in [2.05, 4.69) is 10.4 Å². The van der Waals surface area contributed by atoms with E-state index in [1.165, 1.54) is 30.1 Å². The third kappa shape index (κ3) is 3.44. The Kier molecular flexibility index (Phi) is 3.79. The summed E-state index contributed by atoms with van der Waals surface area (Å²) in [5, 5.41) is 11.2. The van der Waals surface area contributed by atoms with Crippen molar-refractivity contribution in [2.24, 2.45) is 12.2 Å². The van der Waals surface area contributed by atoms with Gasteiger partial charge in [0, 0.05) is 18.8 Å². The number of carbonyl (C=O) groups is 1. The first kappa shape index (κ1) is 15.1. The molecule has 1 aromatic heterocycles. The van der Waals surface area contributed by atoms with Crippen LogP contribution in [0.4, 0.5) is 10.2 Å². The molecule has 0 atom stereocenters. The van der Waals surface area contributed by atoms with E-state index in [1.54, 1.807) is 6.92 Å². The second-order valence-corrected chi connectivity index (χ2v) is 6.06. The zero-order valence-electron chi connectivity index (χ0n) is 11.3. The summed E-state index contributed by atoms with van der Waals surface area (Å²) in [5.74, 6) is -1.44. The zero-order chi connectivity index (χ0) is 15.8. The van der Waals surface area contributed by atoms with Gasteiger partial charge in [0.15, 0.2) is 5.82 Å². The van der Waals surface area contributed by atoms with Crippen molar-refractivity contribution in [3.63, 3.8) is 0 Å². The monoisotopic (exact) mass is 312 g/mol. The molecule has 1 aromatic carbocycles. The Labute approximate surface area is 120 Å². The van der Waals surface area contributed by atoms with Gasteiger partial charge in [-0.05, 0) is 30.7 Å². The van der Waals surface area contributed by atoms with E-state index in [9.17, 15) is 17.6 Å². The molecule has 0 unspecified atom stereocenters. The van der Waals surface area contributed by atoms with Crippen molar-refractivity contribution in [2.75, 3.05) is 5.32 Å². The van der Waals surface area contributed by atoms with Crippen LogP contribution in [0.5, 0.6) is 0 Å². The third-order valence-electron chi connectivity index (χ3n) is 2.64. The number of hydrogen-bond donors (Lipinski definition) is 2. The number of sulfonamides is 1. The van der Waals surface area contributed by atoms with Crippen molar-refractivity contribution in [3.05, 3.63) is 41.3 Å². The first-order valence-corrected chi connectivity index (χ1v) is 7.36. The highest BCUT2D eigenvalue weighted by molar-refractivity contribution is 7.89. The number of nitrogens with one attached hydrogen (secondary N) is 1. The molecule has 0 bridgehead atoms. The quantitative estimate of drug-likeness (QED) is 0.872. The number of hydrogen-bond acceptors (Lipinski definition) is 4. The third-order valence-corrected chi connectivity index (χ3v) is 3.55. The summed E-state index contributed by atoms with van der Waals surface area (Å²) >= 11 is 0. The van der Waals surface area contributed by atoms with Crippen LogP contribution >= 0.6 is 0 Å². The predicted octanol–water partition coefficient (Wildman–Crippen LogP) is 0.767. The van der Waals surface area contributed by atoms with Gasteiger partial charge < -0.3 is 5.32 Å². The molecule has 0 radical (unpaired) electrons. The molecule has 0 fully saturated rings. The van der Waals surface area contributed by atoms with Crippen LogP contribution in [0, 0.1) is 12.7 Å². The van der Waals surface area contributed by atoms with Crippen molar-refractivity contribution < 1.29 is 17.6 Å². The molecule has 0 spiro atoms. The first-order chi connectivity index (χ1) is 9.66. The minimum Gasteiger partial charge on any atom is -0.304 e. The molecule has 7 nitrogen and oxygen atoms in total. The lowest BCUT2D eigenvalue weighted by molar-refractivity contribution is 0.102. The molecule has 3 N–H and O–H groups in total. The Morgan fingerprint density at radius 1 is 1.38 bits per heavy atom. The molecule has 0 saturated heterocycles. The smallest absolute Gasteiger partial charge is 0.257 e. The summed E-state index contributed by atoms with van der Waals surface area (Å²) in [7, 11) is -2.55. The largest absolute Gasteiger partial charge is 0.304 e. The number of benzene rings is 1. The summed E-state index contributed by atoms with van der Waals surface area (Å²) < 4.78 is 37.3. The molecular formula is C12H13FN4O3S. The lowest BCUT2D eigenvalue weighted by Crippen LogP contribution is -2.18. The summed E-state index contributed by atoms with van der Waals surface area (Å²) in [4.78, 5) is 11.7. The molecule has 0 aliphatic carbocycles. The van der Waals surface area contributed by atoms with Crippen molar-refractivity contribution in [2.45, 2.75) is 11.8 Å². The molecule has 1 amide bonds. The maximum atomic E-state index is 13.3. The molecule has 2 rings (SSSR count). The highest BCUT2D eigenvalue weighted by Crippen LogP contribution is 2.18. The SMILES string of the molecule is Cc1cc(F)cc(C(=O)Nc2nn(C)cc2S(N)(=O)=O)c1. The minimum absolute atomic E-state index is 0.0542. The molecule has 0 aliphatic rings. The van der Waals surface area contributed by atoms with E-state index in [0.717, 1.165) is 6.07 Å². The number of halogens is 1. The van der Waals surface area contributed by atoms with Gasteiger partial charge in [0.25, 0.3) is 5.91 Å². The van der Waals surface area contributed by atoms with Gasteiger partial charge in [-0.25, -0.2) is 17.9 Å². The average molecular weight is 312 g/mol. The van der Waals surface area contributed by atoms with Crippen LogP contribution in [-0.4, -0.2) is 24.1 Å². The van der Waals surface area contributed by atoms with Gasteiger partial charge >= 0.3 is 0 Å². The maximum absolute atomic E-state index is 13.3. The van der Waals surface area contributed by atoms with E-state index < -0.39 is 21.7 Å². The number of rotatable bonds is 3. The summed E-state index contributed by atoms with van der Waals surface area (Å²) in [6.07, 6.45) is 1.17. The van der Waals surface area contributed by atoms with Crippen molar-refractivity contribution in [1.82, 2.24) is 9.78 Å². The number of amides is 1. The number of nitrogens with two attached hydrogens (primary N) is 1. The van der Waals surface area contributed by atoms with Crippen LogP contribution in [0.3, 0.4) is 0 Å². The normalized spacial score (nSPS) is 11.4. The number of anilines is 1. The molecule has 1 heterocycles. The van der Waals surface area contributed by atoms with Crippen LogP contribution in [0.15, 0.2) is 29.3 Å². The maximum Gasteiger partial charge on any atom is 0.257 e. The van der Waals surface area contributed by atoms with Crippen molar-refractivity contribution in [3.8, 4) is 0 Å². The minimum atomic E-state index is -4.03. The highest BCUT2D eigenvalue weighted by atomic mass is 32.2. The number of aryl methyl sites for hydroxylation is 2. The van der Waals surface area contributed by atoms with E-state index in [0.29, 0.717) is 5.56 Å². The molecule has 0 saturated carbocycles. The van der Waals surface area contributed by atoms with Gasteiger partial charge in [0.05, 0.1) is 0 Å². The summed E-state index contributed by atoms with van der Waals surface area (Å²) in [6, 6.07) is 3.78. The Morgan fingerprint density at radius 3 is 2.62 bits per heavy atom.